The molecule has 4 amide bonds. The number of aliphatic hydroxyl groups excluding tert-OH is 1. The van der Waals surface area contributed by atoms with Gasteiger partial charge in [-0.05, 0) is 60.7 Å². The van der Waals surface area contributed by atoms with Gasteiger partial charge in [0.2, 0.25) is 23.6 Å². The van der Waals surface area contributed by atoms with Crippen molar-refractivity contribution in [2.75, 3.05) is 23.0 Å². The SMILES string of the molecule is O=C(O)c1ccc(N2C(=O)[C@H]3[C@H](CC=C4[C@H]3C[C@H]3C(=O)N(c5ccc(C(=O)O)c(O)c5)C(=O)[C@H]3[C@H]4c3ccc(OCCO)cc3)C2=O)cc1O. The third-order valence-electron chi connectivity index (χ3n) is 10.2. The fourth-order valence-corrected chi connectivity index (χ4v) is 8.09. The number of aromatic hydroxyl groups is 2. The first-order valence-electron chi connectivity index (χ1n) is 15.8. The zero-order valence-electron chi connectivity index (χ0n) is 26.1. The van der Waals surface area contributed by atoms with Crippen molar-refractivity contribution in [3.05, 3.63) is 89.0 Å². The number of carboxylic acid groups (broad SMARTS) is 2. The summed E-state index contributed by atoms with van der Waals surface area (Å²) in [6, 6.07) is 13.6. The van der Waals surface area contributed by atoms with Gasteiger partial charge in [-0.2, -0.15) is 0 Å². The highest BCUT2D eigenvalue weighted by atomic mass is 16.5. The number of anilines is 2. The summed E-state index contributed by atoms with van der Waals surface area (Å²) in [6.45, 7) is -0.142. The number of fused-ring (bicyclic) bond motifs is 4. The second kappa shape index (κ2) is 12.1. The number of aliphatic hydroxyl groups is 1. The molecule has 0 spiro atoms. The number of carboxylic acids is 2. The van der Waals surface area contributed by atoms with Crippen molar-refractivity contribution < 1.29 is 59.0 Å². The number of hydrogen-bond donors (Lipinski definition) is 5. The zero-order valence-corrected chi connectivity index (χ0v) is 26.1. The number of phenols is 2. The van der Waals surface area contributed by atoms with Gasteiger partial charge in [0.25, 0.3) is 0 Å². The Morgan fingerprint density at radius 2 is 1.24 bits per heavy atom. The van der Waals surface area contributed by atoms with Crippen molar-refractivity contribution in [2.45, 2.75) is 18.8 Å². The van der Waals surface area contributed by atoms with E-state index in [9.17, 15) is 49.2 Å². The van der Waals surface area contributed by atoms with Crippen LogP contribution in [0.4, 0.5) is 11.4 Å². The third-order valence-corrected chi connectivity index (χ3v) is 10.2. The van der Waals surface area contributed by atoms with E-state index in [1.807, 2.05) is 6.08 Å². The van der Waals surface area contributed by atoms with E-state index in [1.165, 1.54) is 12.1 Å². The van der Waals surface area contributed by atoms with Crippen LogP contribution in [-0.4, -0.2) is 74.3 Å². The Kier molecular flexibility index (Phi) is 7.90. The van der Waals surface area contributed by atoms with Gasteiger partial charge in [-0.25, -0.2) is 19.4 Å². The molecule has 4 aliphatic rings. The monoisotopic (exact) mass is 682 g/mol. The van der Waals surface area contributed by atoms with Crippen LogP contribution in [0.1, 0.15) is 45.0 Å². The Hall–Kier alpha value is -6.02. The number of rotatable bonds is 8. The average molecular weight is 683 g/mol. The number of benzene rings is 3. The summed E-state index contributed by atoms with van der Waals surface area (Å²) >= 11 is 0. The molecule has 3 aromatic carbocycles. The minimum Gasteiger partial charge on any atom is -0.507 e. The number of imide groups is 2. The van der Waals surface area contributed by atoms with Crippen LogP contribution in [0.3, 0.4) is 0 Å². The molecule has 3 fully saturated rings. The first-order valence-corrected chi connectivity index (χ1v) is 15.8. The lowest BCUT2D eigenvalue weighted by molar-refractivity contribution is -0.126. The van der Waals surface area contributed by atoms with Crippen LogP contribution in [0.25, 0.3) is 0 Å². The Bertz CT molecular complexity index is 2020. The third kappa shape index (κ3) is 4.98. The van der Waals surface area contributed by atoms with Crippen LogP contribution in [0.15, 0.2) is 72.3 Å². The number of allylic oxidation sites excluding steroid dienone is 2. The number of carbonyl (C=O) groups excluding carboxylic acids is 4. The molecule has 0 radical (unpaired) electrons. The molecule has 50 heavy (non-hydrogen) atoms. The normalized spacial score (nSPS) is 25.6. The number of aromatic carboxylic acids is 2. The first-order chi connectivity index (χ1) is 23.9. The Morgan fingerprint density at radius 1 is 0.700 bits per heavy atom. The summed E-state index contributed by atoms with van der Waals surface area (Å²) in [7, 11) is 0. The van der Waals surface area contributed by atoms with Gasteiger partial charge in [-0.1, -0.05) is 23.8 Å². The molecule has 14 nitrogen and oxygen atoms in total. The van der Waals surface area contributed by atoms with Gasteiger partial charge in [0.1, 0.15) is 35.0 Å². The van der Waals surface area contributed by atoms with E-state index in [2.05, 4.69) is 0 Å². The molecule has 2 heterocycles. The molecular weight excluding hydrogens is 652 g/mol. The van der Waals surface area contributed by atoms with E-state index in [4.69, 9.17) is 9.84 Å². The highest BCUT2D eigenvalue weighted by Gasteiger charge is 2.62. The molecule has 3 aromatic rings. The smallest absolute Gasteiger partial charge is 0.339 e. The summed E-state index contributed by atoms with van der Waals surface area (Å²) in [5.74, 6) is -10.8. The van der Waals surface area contributed by atoms with Crippen molar-refractivity contribution in [3.8, 4) is 17.2 Å². The molecule has 2 aliphatic carbocycles. The molecule has 6 atom stereocenters. The summed E-state index contributed by atoms with van der Waals surface area (Å²) in [6.07, 6.45) is 2.04. The average Bonchev–Trinajstić information content (AvgIpc) is 3.49. The molecule has 2 saturated heterocycles. The highest BCUT2D eigenvalue weighted by Crippen LogP contribution is 2.58. The van der Waals surface area contributed by atoms with Crippen LogP contribution in [-0.2, 0) is 19.2 Å². The van der Waals surface area contributed by atoms with Crippen molar-refractivity contribution >= 4 is 46.9 Å². The number of ether oxygens (including phenoxy) is 1. The molecule has 2 aliphatic heterocycles. The van der Waals surface area contributed by atoms with Gasteiger partial charge in [-0.15, -0.1) is 0 Å². The predicted octanol–water partition coefficient (Wildman–Crippen LogP) is 2.91. The molecule has 14 heteroatoms. The second-order valence-electron chi connectivity index (χ2n) is 12.7. The number of hydrogen-bond acceptors (Lipinski definition) is 10. The summed E-state index contributed by atoms with van der Waals surface area (Å²) < 4.78 is 5.51. The fraction of sp³-hybridized carbons (Fsp3) is 0.278. The molecule has 5 N–H and O–H groups in total. The first kappa shape index (κ1) is 32.5. The van der Waals surface area contributed by atoms with Gasteiger partial charge >= 0.3 is 11.9 Å². The Morgan fingerprint density at radius 3 is 1.76 bits per heavy atom. The zero-order chi connectivity index (χ0) is 35.6. The molecule has 7 rings (SSSR count). The van der Waals surface area contributed by atoms with Gasteiger partial charge in [0, 0.05) is 18.1 Å². The summed E-state index contributed by atoms with van der Waals surface area (Å²) in [4.78, 5) is 81.2. The maximum Gasteiger partial charge on any atom is 0.339 e. The van der Waals surface area contributed by atoms with Crippen LogP contribution < -0.4 is 14.5 Å². The maximum atomic E-state index is 14.3. The van der Waals surface area contributed by atoms with E-state index in [0.29, 0.717) is 16.9 Å². The van der Waals surface area contributed by atoms with Crippen molar-refractivity contribution in [1.29, 1.82) is 0 Å². The summed E-state index contributed by atoms with van der Waals surface area (Å²) in [5.41, 5.74) is 0.527. The number of nitrogens with zero attached hydrogens (tertiary/aromatic N) is 2. The van der Waals surface area contributed by atoms with E-state index in [0.717, 1.165) is 34.1 Å². The molecule has 1 saturated carbocycles. The molecule has 0 aromatic heterocycles. The van der Waals surface area contributed by atoms with E-state index in [1.54, 1.807) is 24.3 Å². The number of carbonyl (C=O) groups is 6. The van der Waals surface area contributed by atoms with Crippen LogP contribution in [0, 0.1) is 29.6 Å². The van der Waals surface area contributed by atoms with Crippen molar-refractivity contribution in [3.63, 3.8) is 0 Å². The molecular formula is C36H30N2O12. The van der Waals surface area contributed by atoms with E-state index < -0.39 is 93.7 Å². The summed E-state index contributed by atoms with van der Waals surface area (Å²) in [5, 5.41) is 48.6. The largest absolute Gasteiger partial charge is 0.507 e. The minimum absolute atomic E-state index is 0.00469. The maximum absolute atomic E-state index is 14.3. The van der Waals surface area contributed by atoms with Crippen LogP contribution in [0.2, 0.25) is 0 Å². The van der Waals surface area contributed by atoms with Gasteiger partial charge < -0.3 is 30.3 Å². The molecule has 256 valence electrons. The standard InChI is InChI=1S/C36H30N2O12/c39-11-12-50-19-5-1-16(2-6-19)28-20-9-10-23-29(33(44)37(31(23)42)17-3-7-21(35(46)47)26(40)13-17)24(20)15-25-30(28)34(45)38(32(25)43)18-4-8-22(36(48)49)27(41)14-18/h1-9,13-14,23-25,28-30,39-41H,10-12,15H2,(H,46,47)(H,48,49)/t23-,24+,25+,28-,29-,30+/m0/s1. The number of amides is 4. The van der Waals surface area contributed by atoms with Gasteiger partial charge in [0.05, 0.1) is 41.7 Å². The minimum atomic E-state index is -1.39. The lowest BCUT2D eigenvalue weighted by atomic mass is 9.57. The molecule has 0 unspecified atom stereocenters. The Labute approximate surface area is 283 Å². The van der Waals surface area contributed by atoms with Crippen molar-refractivity contribution in [2.24, 2.45) is 29.6 Å². The van der Waals surface area contributed by atoms with Crippen molar-refractivity contribution in [1.82, 2.24) is 0 Å². The lowest BCUT2D eigenvalue weighted by Gasteiger charge is -2.44. The van der Waals surface area contributed by atoms with Crippen LogP contribution in [0.5, 0.6) is 17.2 Å². The van der Waals surface area contributed by atoms with E-state index >= 15 is 0 Å². The lowest BCUT2D eigenvalue weighted by Crippen LogP contribution is -2.43. The van der Waals surface area contributed by atoms with E-state index in [-0.39, 0.29) is 37.4 Å². The fourth-order valence-electron chi connectivity index (χ4n) is 8.09. The van der Waals surface area contributed by atoms with Gasteiger partial charge in [-0.3, -0.25) is 19.2 Å². The molecule has 0 bridgehead atoms. The van der Waals surface area contributed by atoms with Crippen LogP contribution >= 0.6 is 0 Å². The topological polar surface area (TPSA) is 219 Å². The second-order valence-corrected chi connectivity index (χ2v) is 12.7. The quantitative estimate of drug-likeness (QED) is 0.171. The Balaban J connectivity index is 1.29. The predicted molar refractivity (Wildman–Crippen MR) is 172 cm³/mol. The van der Waals surface area contributed by atoms with Gasteiger partial charge in [0.15, 0.2) is 0 Å². The highest BCUT2D eigenvalue weighted by molar-refractivity contribution is 6.24.